The van der Waals surface area contributed by atoms with Crippen molar-refractivity contribution in [1.29, 1.82) is 0 Å². The Morgan fingerprint density at radius 2 is 1.79 bits per heavy atom. The largest absolute Gasteiger partial charge is 0.573 e. The fourth-order valence-corrected chi connectivity index (χ4v) is 5.55. The number of thioether (sulfide) groups is 1. The van der Waals surface area contributed by atoms with E-state index < -0.39 is 12.1 Å². The van der Waals surface area contributed by atoms with Crippen LogP contribution in [-0.2, 0) is 0 Å². The molecule has 1 atom stereocenters. The van der Waals surface area contributed by atoms with Crippen LogP contribution in [0.1, 0.15) is 43.4 Å². The van der Waals surface area contributed by atoms with E-state index >= 15 is 0 Å². The summed E-state index contributed by atoms with van der Waals surface area (Å²) in [6.07, 6.45) is -1.63. The molecule has 3 aromatic carbocycles. The number of halogens is 3. The van der Waals surface area contributed by atoms with Gasteiger partial charge in [-0.25, -0.2) is 9.67 Å². The van der Waals surface area contributed by atoms with Gasteiger partial charge in [-0.05, 0) is 66.8 Å². The molecule has 1 saturated heterocycles. The number of alkyl halides is 3. The van der Waals surface area contributed by atoms with E-state index in [0.29, 0.717) is 22.4 Å². The van der Waals surface area contributed by atoms with Crippen molar-refractivity contribution in [3.05, 3.63) is 89.7 Å². The standard InChI is InChI=1S/C30H29F3N6O2S/c1-19(2)25-14-5-20(3)15-26(25)39-28(42-17-29(39,4)40)36-35-16-21-6-8-22(9-7-21)27-34-18-38(37-27)23-10-12-24(13-11-23)41-30(31,32)33/h5-16,18-19,40H,17H2,1-4H3. The summed E-state index contributed by atoms with van der Waals surface area (Å²) in [5.41, 5.74) is 4.14. The summed E-state index contributed by atoms with van der Waals surface area (Å²) in [4.78, 5) is 6.18. The number of anilines is 1. The predicted molar refractivity (Wildman–Crippen MR) is 159 cm³/mol. The first-order valence-electron chi connectivity index (χ1n) is 13.1. The molecule has 0 bridgehead atoms. The van der Waals surface area contributed by atoms with Crippen molar-refractivity contribution in [2.45, 2.75) is 45.7 Å². The van der Waals surface area contributed by atoms with Crippen LogP contribution >= 0.6 is 11.8 Å². The number of hydrogen-bond acceptors (Lipinski definition) is 7. The molecule has 8 nitrogen and oxygen atoms in total. The lowest BCUT2D eigenvalue weighted by molar-refractivity contribution is -0.274. The minimum atomic E-state index is -4.75. The van der Waals surface area contributed by atoms with Crippen LogP contribution in [0.15, 0.2) is 83.3 Å². The van der Waals surface area contributed by atoms with Crippen molar-refractivity contribution in [3.63, 3.8) is 0 Å². The van der Waals surface area contributed by atoms with Crippen molar-refractivity contribution in [1.82, 2.24) is 14.8 Å². The Balaban J connectivity index is 1.30. The molecule has 42 heavy (non-hydrogen) atoms. The maximum atomic E-state index is 12.4. The molecular weight excluding hydrogens is 565 g/mol. The summed E-state index contributed by atoms with van der Waals surface area (Å²) in [7, 11) is 0. The maximum absolute atomic E-state index is 12.4. The van der Waals surface area contributed by atoms with Crippen molar-refractivity contribution < 1.29 is 23.0 Å². The third kappa shape index (κ3) is 6.66. The van der Waals surface area contributed by atoms with Gasteiger partial charge in [0.05, 0.1) is 11.9 Å². The number of hydrogen-bond donors (Lipinski definition) is 1. The van der Waals surface area contributed by atoms with E-state index in [0.717, 1.165) is 27.9 Å². The summed E-state index contributed by atoms with van der Waals surface area (Å²) in [6.45, 7) is 8.06. The highest BCUT2D eigenvalue weighted by atomic mass is 32.2. The third-order valence-corrected chi connectivity index (χ3v) is 7.76. The molecule has 1 fully saturated rings. The molecule has 0 amide bonds. The zero-order valence-corrected chi connectivity index (χ0v) is 24.2. The molecule has 218 valence electrons. The molecule has 1 N–H and O–H groups in total. The average molecular weight is 595 g/mol. The first-order chi connectivity index (χ1) is 19.9. The lowest BCUT2D eigenvalue weighted by Crippen LogP contribution is -2.45. The monoisotopic (exact) mass is 594 g/mol. The number of ether oxygens (including phenoxy) is 1. The van der Waals surface area contributed by atoms with Gasteiger partial charge in [0.15, 0.2) is 16.7 Å². The molecule has 1 aromatic heterocycles. The lowest BCUT2D eigenvalue weighted by Gasteiger charge is -2.33. The Labute approximate surface area is 245 Å². The summed E-state index contributed by atoms with van der Waals surface area (Å²) in [5, 5.41) is 25.0. The number of aliphatic hydroxyl groups is 1. The van der Waals surface area contributed by atoms with E-state index in [1.807, 2.05) is 36.1 Å². The van der Waals surface area contributed by atoms with E-state index in [4.69, 9.17) is 0 Å². The van der Waals surface area contributed by atoms with Gasteiger partial charge in [0.2, 0.25) is 0 Å². The Hall–Kier alpha value is -4.16. The Kier molecular flexibility index (Phi) is 8.11. The van der Waals surface area contributed by atoms with E-state index in [-0.39, 0.29) is 11.7 Å². The van der Waals surface area contributed by atoms with Crippen molar-refractivity contribution >= 4 is 28.8 Å². The van der Waals surface area contributed by atoms with Crippen LogP contribution in [0.5, 0.6) is 5.75 Å². The number of nitrogens with zero attached hydrogens (tertiary/aromatic N) is 6. The molecule has 4 aromatic rings. The van der Waals surface area contributed by atoms with Gasteiger partial charge in [-0.2, -0.15) is 5.10 Å². The van der Waals surface area contributed by atoms with E-state index in [1.165, 1.54) is 47.0 Å². The zero-order chi connectivity index (χ0) is 30.1. The second kappa shape index (κ2) is 11.6. The second-order valence-electron chi connectivity index (χ2n) is 10.4. The Bertz CT molecular complexity index is 1610. The Morgan fingerprint density at radius 1 is 1.07 bits per heavy atom. The summed E-state index contributed by atoms with van der Waals surface area (Å²) in [5.74, 6) is 0.874. The van der Waals surface area contributed by atoms with Crippen molar-refractivity contribution in [3.8, 4) is 22.8 Å². The minimum absolute atomic E-state index is 0.268. The molecule has 0 spiro atoms. The van der Waals surface area contributed by atoms with Gasteiger partial charge in [-0.15, -0.1) is 23.4 Å². The van der Waals surface area contributed by atoms with Gasteiger partial charge in [0.1, 0.15) is 12.1 Å². The van der Waals surface area contributed by atoms with E-state index in [1.54, 1.807) is 13.1 Å². The van der Waals surface area contributed by atoms with Crippen molar-refractivity contribution in [2.75, 3.05) is 10.7 Å². The fraction of sp³-hybridized carbons (Fsp3) is 0.267. The van der Waals surface area contributed by atoms with Crippen LogP contribution in [-0.4, -0.2) is 49.1 Å². The molecule has 1 aliphatic heterocycles. The lowest BCUT2D eigenvalue weighted by atomic mass is 9.98. The fourth-order valence-electron chi connectivity index (χ4n) is 4.49. The molecule has 5 rings (SSSR count). The first kappa shape index (κ1) is 29.3. The van der Waals surface area contributed by atoms with Gasteiger partial charge in [0, 0.05) is 17.0 Å². The van der Waals surface area contributed by atoms with Crippen LogP contribution in [0, 0.1) is 6.92 Å². The minimum Gasteiger partial charge on any atom is -0.406 e. The third-order valence-electron chi connectivity index (χ3n) is 6.54. The number of rotatable bonds is 7. The van der Waals surface area contributed by atoms with Crippen LogP contribution in [0.4, 0.5) is 18.9 Å². The summed E-state index contributed by atoms with van der Waals surface area (Å²) >= 11 is 1.45. The highest BCUT2D eigenvalue weighted by Crippen LogP contribution is 2.40. The van der Waals surface area contributed by atoms with Gasteiger partial charge >= 0.3 is 6.36 Å². The average Bonchev–Trinajstić information content (AvgIpc) is 3.53. The molecule has 0 saturated carbocycles. The SMILES string of the molecule is Cc1ccc(C(C)C)c(N2C(=NN=Cc3ccc(-c4ncn(-c5ccc(OC(F)(F)F)cc5)n4)cc3)SCC2(C)O)c1. The van der Waals surface area contributed by atoms with Gasteiger partial charge in [0.25, 0.3) is 0 Å². The van der Waals surface area contributed by atoms with Gasteiger partial charge in [-0.1, -0.05) is 62.0 Å². The highest BCUT2D eigenvalue weighted by Gasteiger charge is 2.41. The Morgan fingerprint density at radius 3 is 2.45 bits per heavy atom. The zero-order valence-electron chi connectivity index (χ0n) is 23.4. The maximum Gasteiger partial charge on any atom is 0.573 e. The van der Waals surface area contributed by atoms with Crippen LogP contribution in [0.2, 0.25) is 0 Å². The van der Waals surface area contributed by atoms with E-state index in [2.05, 4.69) is 57.1 Å². The first-order valence-corrected chi connectivity index (χ1v) is 14.1. The highest BCUT2D eigenvalue weighted by molar-refractivity contribution is 8.14. The quantitative estimate of drug-likeness (QED) is 0.185. The molecule has 1 aliphatic rings. The normalized spacial score (nSPS) is 18.5. The summed E-state index contributed by atoms with van der Waals surface area (Å²) in [6, 6.07) is 19.0. The van der Waals surface area contributed by atoms with Gasteiger partial charge in [-0.3, -0.25) is 4.90 Å². The predicted octanol–water partition coefficient (Wildman–Crippen LogP) is 6.92. The number of aryl methyl sites for hydroxylation is 1. The van der Waals surface area contributed by atoms with Gasteiger partial charge < -0.3 is 9.84 Å². The van der Waals surface area contributed by atoms with Crippen molar-refractivity contribution in [2.24, 2.45) is 10.2 Å². The van der Waals surface area contributed by atoms with Crippen LogP contribution in [0.25, 0.3) is 17.1 Å². The smallest absolute Gasteiger partial charge is 0.406 e. The molecule has 12 heteroatoms. The number of aromatic nitrogens is 3. The summed E-state index contributed by atoms with van der Waals surface area (Å²) < 4.78 is 42.6. The molecule has 2 heterocycles. The molecular formula is C30H29F3N6O2S. The molecule has 1 unspecified atom stereocenters. The number of benzene rings is 3. The van der Waals surface area contributed by atoms with Crippen LogP contribution in [0.3, 0.4) is 0 Å². The van der Waals surface area contributed by atoms with Crippen LogP contribution < -0.4 is 9.64 Å². The molecule has 0 aliphatic carbocycles. The number of amidine groups is 1. The second-order valence-corrected chi connectivity index (χ2v) is 11.3. The topological polar surface area (TPSA) is 88.1 Å². The van der Waals surface area contributed by atoms with E-state index in [9.17, 15) is 18.3 Å². The molecule has 0 radical (unpaired) electrons.